The van der Waals surface area contributed by atoms with Gasteiger partial charge in [-0.1, -0.05) is 0 Å². The van der Waals surface area contributed by atoms with Gasteiger partial charge in [0.25, 0.3) is 0 Å². The third kappa shape index (κ3) is 2.46. The van der Waals surface area contributed by atoms with Gasteiger partial charge >= 0.3 is 0 Å². The fourth-order valence-electron chi connectivity index (χ4n) is 1.71. The topological polar surface area (TPSA) is 62.6 Å². The SMILES string of the molecule is COC1CN(C(=O)C(C)C#N)CC1OC. The Balaban J connectivity index is 2.61. The first-order chi connectivity index (χ1) is 7.13. The van der Waals surface area contributed by atoms with Gasteiger partial charge in [0.05, 0.1) is 6.07 Å². The van der Waals surface area contributed by atoms with Gasteiger partial charge in [0.2, 0.25) is 5.91 Å². The zero-order valence-electron chi connectivity index (χ0n) is 9.27. The van der Waals surface area contributed by atoms with Crippen molar-refractivity contribution in [3.8, 4) is 6.07 Å². The summed E-state index contributed by atoms with van der Waals surface area (Å²) >= 11 is 0. The lowest BCUT2D eigenvalue weighted by atomic mass is 10.2. The van der Waals surface area contributed by atoms with Gasteiger partial charge in [0, 0.05) is 27.3 Å². The van der Waals surface area contributed by atoms with Crippen LogP contribution >= 0.6 is 0 Å². The summed E-state index contributed by atoms with van der Waals surface area (Å²) in [6, 6.07) is 1.93. The van der Waals surface area contributed by atoms with Gasteiger partial charge in [-0.2, -0.15) is 5.26 Å². The van der Waals surface area contributed by atoms with Gasteiger partial charge < -0.3 is 14.4 Å². The van der Waals surface area contributed by atoms with Crippen molar-refractivity contribution < 1.29 is 14.3 Å². The normalized spacial score (nSPS) is 27.5. The molecule has 3 atom stereocenters. The van der Waals surface area contributed by atoms with Crippen LogP contribution in [0.25, 0.3) is 0 Å². The highest BCUT2D eigenvalue weighted by atomic mass is 16.5. The van der Waals surface area contributed by atoms with Crippen LogP contribution in [-0.4, -0.2) is 50.3 Å². The number of carbonyl (C=O) groups is 1. The van der Waals surface area contributed by atoms with Crippen LogP contribution in [0.2, 0.25) is 0 Å². The molecule has 1 rings (SSSR count). The van der Waals surface area contributed by atoms with Crippen molar-refractivity contribution in [3.05, 3.63) is 0 Å². The van der Waals surface area contributed by atoms with E-state index in [4.69, 9.17) is 14.7 Å². The molecule has 5 heteroatoms. The van der Waals surface area contributed by atoms with E-state index in [0.717, 1.165) is 0 Å². The molecule has 1 aliphatic heterocycles. The molecule has 1 saturated heterocycles. The monoisotopic (exact) mass is 212 g/mol. The fraction of sp³-hybridized carbons (Fsp3) is 0.800. The summed E-state index contributed by atoms with van der Waals surface area (Å²) in [6.07, 6.45) is -0.185. The molecule has 15 heavy (non-hydrogen) atoms. The average Bonchev–Trinajstić information content (AvgIpc) is 2.69. The summed E-state index contributed by atoms with van der Waals surface area (Å²) in [7, 11) is 3.19. The predicted molar refractivity (Wildman–Crippen MR) is 53.0 cm³/mol. The van der Waals surface area contributed by atoms with E-state index in [-0.39, 0.29) is 18.1 Å². The molecule has 1 aliphatic rings. The number of nitriles is 1. The number of rotatable bonds is 3. The Bertz CT molecular complexity index is 262. The highest BCUT2D eigenvalue weighted by molar-refractivity contribution is 5.81. The standard InChI is InChI=1S/C10H16N2O3/c1-7(4-11)10(13)12-5-8(14-2)9(6-12)15-3/h7-9H,5-6H2,1-3H3. The maximum absolute atomic E-state index is 11.7. The molecule has 0 aromatic heterocycles. The first kappa shape index (κ1) is 12.0. The quantitative estimate of drug-likeness (QED) is 0.661. The van der Waals surface area contributed by atoms with Gasteiger partial charge in [-0.3, -0.25) is 4.79 Å². The predicted octanol–water partition coefficient (Wildman–Crippen LogP) is 0.0183. The lowest BCUT2D eigenvalue weighted by molar-refractivity contribution is -0.132. The van der Waals surface area contributed by atoms with Crippen LogP contribution in [0.3, 0.4) is 0 Å². The summed E-state index contributed by atoms with van der Waals surface area (Å²) < 4.78 is 10.4. The molecular formula is C10H16N2O3. The minimum absolute atomic E-state index is 0.0927. The molecule has 0 bridgehead atoms. The highest BCUT2D eigenvalue weighted by Crippen LogP contribution is 2.17. The Kier molecular flexibility index (Phi) is 4.06. The highest BCUT2D eigenvalue weighted by Gasteiger charge is 2.36. The number of carbonyl (C=O) groups excluding carboxylic acids is 1. The molecule has 0 N–H and O–H groups in total. The van der Waals surface area contributed by atoms with Crippen molar-refractivity contribution in [1.82, 2.24) is 4.90 Å². The van der Waals surface area contributed by atoms with Gasteiger partial charge in [-0.25, -0.2) is 0 Å². The van der Waals surface area contributed by atoms with Gasteiger partial charge in [0.1, 0.15) is 18.1 Å². The summed E-state index contributed by atoms with van der Waals surface area (Å²) in [4.78, 5) is 13.3. The number of amides is 1. The summed E-state index contributed by atoms with van der Waals surface area (Å²) in [5, 5.41) is 8.65. The molecule has 3 unspecified atom stereocenters. The second kappa shape index (κ2) is 5.10. The summed E-state index contributed by atoms with van der Waals surface area (Å²) in [5.41, 5.74) is 0. The van der Waals surface area contributed by atoms with Gasteiger partial charge in [-0.15, -0.1) is 0 Å². The maximum Gasteiger partial charge on any atom is 0.239 e. The number of hydrogen-bond acceptors (Lipinski definition) is 4. The lowest BCUT2D eigenvalue weighted by Crippen LogP contribution is -2.33. The van der Waals surface area contributed by atoms with E-state index < -0.39 is 5.92 Å². The number of nitrogens with zero attached hydrogens (tertiary/aromatic N) is 2. The lowest BCUT2D eigenvalue weighted by Gasteiger charge is -2.16. The van der Waals surface area contributed by atoms with E-state index in [1.54, 1.807) is 26.0 Å². The van der Waals surface area contributed by atoms with Crippen LogP contribution in [0, 0.1) is 17.2 Å². The number of methoxy groups -OCH3 is 2. The van der Waals surface area contributed by atoms with E-state index in [1.165, 1.54) is 0 Å². The molecule has 84 valence electrons. The van der Waals surface area contributed by atoms with Crippen molar-refractivity contribution in [1.29, 1.82) is 5.26 Å². The molecule has 1 fully saturated rings. The molecule has 0 aromatic carbocycles. The van der Waals surface area contributed by atoms with E-state index in [0.29, 0.717) is 13.1 Å². The first-order valence-corrected chi connectivity index (χ1v) is 4.88. The van der Waals surface area contributed by atoms with Crippen molar-refractivity contribution in [2.75, 3.05) is 27.3 Å². The zero-order chi connectivity index (χ0) is 11.4. The third-order valence-corrected chi connectivity index (χ3v) is 2.70. The molecule has 0 radical (unpaired) electrons. The minimum atomic E-state index is -0.599. The van der Waals surface area contributed by atoms with Crippen LogP contribution in [0.5, 0.6) is 0 Å². The van der Waals surface area contributed by atoms with Crippen molar-refractivity contribution in [3.63, 3.8) is 0 Å². The minimum Gasteiger partial charge on any atom is -0.377 e. The molecule has 0 spiro atoms. The van der Waals surface area contributed by atoms with Crippen LogP contribution in [0.15, 0.2) is 0 Å². The van der Waals surface area contributed by atoms with Crippen LogP contribution < -0.4 is 0 Å². The Morgan fingerprint density at radius 3 is 2.20 bits per heavy atom. The van der Waals surface area contributed by atoms with E-state index >= 15 is 0 Å². The molecule has 0 saturated carbocycles. The molecule has 1 amide bonds. The maximum atomic E-state index is 11.7. The fourth-order valence-corrected chi connectivity index (χ4v) is 1.71. The number of likely N-dealkylation sites (tertiary alicyclic amines) is 1. The Hall–Kier alpha value is -1.12. The first-order valence-electron chi connectivity index (χ1n) is 4.88. The van der Waals surface area contributed by atoms with Crippen molar-refractivity contribution in [2.24, 2.45) is 5.92 Å². The molecular weight excluding hydrogens is 196 g/mol. The van der Waals surface area contributed by atoms with E-state index in [1.807, 2.05) is 6.07 Å². The summed E-state index contributed by atoms with van der Waals surface area (Å²) in [6.45, 7) is 2.60. The summed E-state index contributed by atoms with van der Waals surface area (Å²) in [5.74, 6) is -0.753. The van der Waals surface area contributed by atoms with Gasteiger partial charge in [-0.05, 0) is 6.92 Å². The molecule has 1 heterocycles. The van der Waals surface area contributed by atoms with Crippen molar-refractivity contribution in [2.45, 2.75) is 19.1 Å². The number of ether oxygens (including phenoxy) is 2. The molecule has 5 nitrogen and oxygen atoms in total. The zero-order valence-corrected chi connectivity index (χ0v) is 9.27. The second-order valence-corrected chi connectivity index (χ2v) is 3.64. The Morgan fingerprint density at radius 2 is 1.87 bits per heavy atom. The Labute approximate surface area is 89.6 Å². The largest absolute Gasteiger partial charge is 0.377 e. The van der Waals surface area contributed by atoms with Crippen LogP contribution in [0.4, 0.5) is 0 Å². The third-order valence-electron chi connectivity index (χ3n) is 2.70. The molecule has 0 aromatic rings. The average molecular weight is 212 g/mol. The van der Waals surface area contributed by atoms with E-state index in [2.05, 4.69) is 0 Å². The number of hydrogen-bond donors (Lipinski definition) is 0. The van der Waals surface area contributed by atoms with Crippen molar-refractivity contribution >= 4 is 5.91 Å². The second-order valence-electron chi connectivity index (χ2n) is 3.64. The van der Waals surface area contributed by atoms with Crippen LogP contribution in [0.1, 0.15) is 6.92 Å². The molecule has 0 aliphatic carbocycles. The van der Waals surface area contributed by atoms with Gasteiger partial charge in [0.15, 0.2) is 0 Å². The van der Waals surface area contributed by atoms with Crippen LogP contribution in [-0.2, 0) is 14.3 Å². The van der Waals surface area contributed by atoms with E-state index in [9.17, 15) is 4.79 Å². The smallest absolute Gasteiger partial charge is 0.239 e. The Morgan fingerprint density at radius 1 is 1.40 bits per heavy atom.